The van der Waals surface area contributed by atoms with E-state index in [0.717, 1.165) is 11.3 Å². The van der Waals surface area contributed by atoms with Crippen LogP contribution in [0.5, 0.6) is 5.75 Å². The Morgan fingerprint density at radius 2 is 2.31 bits per heavy atom. The molecule has 1 heterocycles. The van der Waals surface area contributed by atoms with Crippen LogP contribution in [0.4, 0.5) is 5.69 Å². The Kier molecular flexibility index (Phi) is 2.73. The lowest BCUT2D eigenvalue weighted by Crippen LogP contribution is -2.24. The molecule has 0 aliphatic carbocycles. The number of carbonyl (C=O) groups excluding carboxylic acids is 1. The first kappa shape index (κ1) is 10.8. The average Bonchev–Trinajstić information content (AvgIpc) is 2.61. The Hall–Kier alpha value is -1.71. The van der Waals surface area contributed by atoms with Crippen molar-refractivity contribution in [1.82, 2.24) is 4.90 Å². The summed E-state index contributed by atoms with van der Waals surface area (Å²) in [5.74, 6) is 1.10. The molecule has 0 aromatic heterocycles. The van der Waals surface area contributed by atoms with Gasteiger partial charge in [-0.1, -0.05) is 0 Å². The maximum Gasteiger partial charge on any atom is 0.222 e. The maximum atomic E-state index is 11.6. The molecule has 0 fully saturated rings. The summed E-state index contributed by atoms with van der Waals surface area (Å²) in [6.45, 7) is 0.568. The molecule has 16 heavy (non-hydrogen) atoms. The molecule has 2 N–H and O–H groups in total. The molecule has 1 unspecified atom stereocenters. The molecule has 0 radical (unpaired) electrons. The number of ether oxygens (including phenoxy) is 1. The minimum absolute atomic E-state index is 0.115. The summed E-state index contributed by atoms with van der Waals surface area (Å²) in [5.41, 5.74) is 7.50. The third kappa shape index (κ3) is 1.96. The number of rotatable bonds is 2. The van der Waals surface area contributed by atoms with Crippen LogP contribution in [0.25, 0.3) is 0 Å². The van der Waals surface area contributed by atoms with E-state index in [-0.39, 0.29) is 11.8 Å². The van der Waals surface area contributed by atoms with E-state index >= 15 is 0 Å². The van der Waals surface area contributed by atoms with Crippen LogP contribution >= 0.6 is 0 Å². The summed E-state index contributed by atoms with van der Waals surface area (Å²) in [4.78, 5) is 13.2. The van der Waals surface area contributed by atoms with E-state index in [1.807, 2.05) is 18.2 Å². The third-order valence-electron chi connectivity index (χ3n) is 2.83. The maximum absolute atomic E-state index is 11.6. The van der Waals surface area contributed by atoms with E-state index in [1.165, 1.54) is 0 Å². The zero-order valence-electron chi connectivity index (χ0n) is 9.56. The van der Waals surface area contributed by atoms with Gasteiger partial charge in [-0.05, 0) is 18.2 Å². The highest BCUT2D eigenvalue weighted by molar-refractivity contribution is 5.77. The Morgan fingerprint density at radius 3 is 3.00 bits per heavy atom. The van der Waals surface area contributed by atoms with Crippen LogP contribution < -0.4 is 10.5 Å². The SMILES string of the molecule is CN(C)C(=O)CC1COc2ccc(N)cc21. The zero-order valence-corrected chi connectivity index (χ0v) is 9.56. The average molecular weight is 220 g/mol. The number of hydrogen-bond acceptors (Lipinski definition) is 3. The van der Waals surface area contributed by atoms with Gasteiger partial charge in [0.2, 0.25) is 5.91 Å². The van der Waals surface area contributed by atoms with E-state index in [0.29, 0.717) is 18.7 Å². The van der Waals surface area contributed by atoms with E-state index in [1.54, 1.807) is 19.0 Å². The Balaban J connectivity index is 2.17. The van der Waals surface area contributed by atoms with Crippen LogP contribution in [0, 0.1) is 0 Å². The van der Waals surface area contributed by atoms with Crippen molar-refractivity contribution >= 4 is 11.6 Å². The van der Waals surface area contributed by atoms with E-state index in [9.17, 15) is 4.79 Å². The molecule has 1 amide bonds. The van der Waals surface area contributed by atoms with Crippen molar-refractivity contribution in [3.8, 4) is 5.75 Å². The van der Waals surface area contributed by atoms with Gasteiger partial charge in [-0.25, -0.2) is 0 Å². The van der Waals surface area contributed by atoms with Crippen molar-refractivity contribution in [1.29, 1.82) is 0 Å². The van der Waals surface area contributed by atoms with Gasteiger partial charge in [-0.15, -0.1) is 0 Å². The van der Waals surface area contributed by atoms with Gasteiger partial charge in [0.15, 0.2) is 0 Å². The molecule has 4 heteroatoms. The lowest BCUT2D eigenvalue weighted by molar-refractivity contribution is -0.129. The zero-order chi connectivity index (χ0) is 11.7. The van der Waals surface area contributed by atoms with Crippen LogP contribution in [0.15, 0.2) is 18.2 Å². The van der Waals surface area contributed by atoms with E-state index < -0.39 is 0 Å². The highest BCUT2D eigenvalue weighted by Crippen LogP contribution is 2.37. The van der Waals surface area contributed by atoms with Crippen LogP contribution in [-0.4, -0.2) is 31.5 Å². The Labute approximate surface area is 95.0 Å². The van der Waals surface area contributed by atoms with Crippen LogP contribution in [0.3, 0.4) is 0 Å². The molecular formula is C12H16N2O2. The molecule has 1 aliphatic rings. The second-order valence-electron chi connectivity index (χ2n) is 4.30. The van der Waals surface area contributed by atoms with Crippen LogP contribution in [0.2, 0.25) is 0 Å². The van der Waals surface area contributed by atoms with Crippen molar-refractivity contribution in [3.63, 3.8) is 0 Å². The van der Waals surface area contributed by atoms with Crippen molar-refractivity contribution < 1.29 is 9.53 Å². The Bertz CT molecular complexity index is 415. The molecule has 1 atom stereocenters. The van der Waals surface area contributed by atoms with Crippen molar-refractivity contribution in [2.24, 2.45) is 0 Å². The Morgan fingerprint density at radius 1 is 1.56 bits per heavy atom. The fraction of sp³-hybridized carbons (Fsp3) is 0.417. The molecular weight excluding hydrogens is 204 g/mol. The quantitative estimate of drug-likeness (QED) is 0.762. The monoisotopic (exact) mass is 220 g/mol. The first-order valence-corrected chi connectivity index (χ1v) is 5.30. The molecule has 0 bridgehead atoms. The minimum atomic E-state index is 0.115. The number of carbonyl (C=O) groups is 1. The first-order valence-electron chi connectivity index (χ1n) is 5.30. The molecule has 86 valence electrons. The van der Waals surface area contributed by atoms with Gasteiger partial charge in [-0.3, -0.25) is 4.79 Å². The van der Waals surface area contributed by atoms with Gasteiger partial charge in [0.05, 0.1) is 6.61 Å². The fourth-order valence-corrected chi connectivity index (χ4v) is 1.86. The lowest BCUT2D eigenvalue weighted by atomic mass is 9.97. The highest BCUT2D eigenvalue weighted by Gasteiger charge is 2.26. The van der Waals surface area contributed by atoms with Crippen LogP contribution in [-0.2, 0) is 4.79 Å². The van der Waals surface area contributed by atoms with Gasteiger partial charge >= 0.3 is 0 Å². The molecule has 0 spiro atoms. The van der Waals surface area contributed by atoms with Gasteiger partial charge < -0.3 is 15.4 Å². The number of nitrogens with two attached hydrogens (primary N) is 1. The number of amides is 1. The van der Waals surface area contributed by atoms with E-state index in [2.05, 4.69) is 0 Å². The summed E-state index contributed by atoms with van der Waals surface area (Å²) < 4.78 is 5.52. The van der Waals surface area contributed by atoms with Gasteiger partial charge in [0.1, 0.15) is 5.75 Å². The molecule has 0 saturated heterocycles. The van der Waals surface area contributed by atoms with Crippen molar-refractivity contribution in [3.05, 3.63) is 23.8 Å². The number of hydrogen-bond donors (Lipinski definition) is 1. The van der Waals surface area contributed by atoms with Crippen molar-refractivity contribution in [2.75, 3.05) is 26.4 Å². The second kappa shape index (κ2) is 4.04. The predicted molar refractivity (Wildman–Crippen MR) is 62.4 cm³/mol. The summed E-state index contributed by atoms with van der Waals surface area (Å²) in [6.07, 6.45) is 0.476. The van der Waals surface area contributed by atoms with Crippen molar-refractivity contribution in [2.45, 2.75) is 12.3 Å². The summed E-state index contributed by atoms with van der Waals surface area (Å²) in [7, 11) is 3.52. The molecule has 1 aromatic rings. The second-order valence-corrected chi connectivity index (χ2v) is 4.30. The highest BCUT2D eigenvalue weighted by atomic mass is 16.5. The van der Waals surface area contributed by atoms with Gasteiger partial charge in [-0.2, -0.15) is 0 Å². The minimum Gasteiger partial charge on any atom is -0.493 e. The third-order valence-corrected chi connectivity index (χ3v) is 2.83. The number of benzene rings is 1. The molecule has 2 rings (SSSR count). The lowest BCUT2D eigenvalue weighted by Gasteiger charge is -2.13. The molecule has 1 aromatic carbocycles. The van der Waals surface area contributed by atoms with E-state index in [4.69, 9.17) is 10.5 Å². The first-order chi connectivity index (χ1) is 7.58. The number of anilines is 1. The molecule has 1 aliphatic heterocycles. The number of nitrogens with zero attached hydrogens (tertiary/aromatic N) is 1. The van der Waals surface area contributed by atoms with Gasteiger partial charge in [0, 0.05) is 37.7 Å². The largest absolute Gasteiger partial charge is 0.493 e. The topological polar surface area (TPSA) is 55.6 Å². The number of nitrogen functional groups attached to an aromatic ring is 1. The summed E-state index contributed by atoms with van der Waals surface area (Å²) in [6, 6.07) is 5.58. The summed E-state index contributed by atoms with van der Waals surface area (Å²) in [5, 5.41) is 0. The normalized spacial score (nSPS) is 17.8. The fourth-order valence-electron chi connectivity index (χ4n) is 1.86. The smallest absolute Gasteiger partial charge is 0.222 e. The van der Waals surface area contributed by atoms with Gasteiger partial charge in [0.25, 0.3) is 0 Å². The molecule has 0 saturated carbocycles. The predicted octanol–water partition coefficient (Wildman–Crippen LogP) is 1.22. The van der Waals surface area contributed by atoms with Crippen LogP contribution in [0.1, 0.15) is 17.9 Å². The molecule has 4 nitrogen and oxygen atoms in total. The standard InChI is InChI=1S/C12H16N2O2/c1-14(2)12(15)5-8-7-16-11-4-3-9(13)6-10(8)11/h3-4,6,8H,5,7,13H2,1-2H3. The number of fused-ring (bicyclic) bond motifs is 1. The summed E-state index contributed by atoms with van der Waals surface area (Å²) >= 11 is 0.